The van der Waals surface area contributed by atoms with Crippen LogP contribution in [0.5, 0.6) is 0 Å². The molecule has 1 saturated carbocycles. The third-order valence-corrected chi connectivity index (χ3v) is 4.11. The fraction of sp³-hybridized carbons (Fsp3) is 0.625. The number of hydrogen-bond donors (Lipinski definition) is 1. The molecule has 1 N–H and O–H groups in total. The van der Waals surface area contributed by atoms with Crippen molar-refractivity contribution in [3.8, 4) is 0 Å². The van der Waals surface area contributed by atoms with Gasteiger partial charge in [0.1, 0.15) is 0 Å². The van der Waals surface area contributed by atoms with E-state index in [1.807, 2.05) is 0 Å². The van der Waals surface area contributed by atoms with Crippen molar-refractivity contribution in [2.75, 3.05) is 13.1 Å². The van der Waals surface area contributed by atoms with Crippen LogP contribution in [0.1, 0.15) is 56.6 Å². The Balaban J connectivity index is 1.98. The van der Waals surface area contributed by atoms with Crippen LogP contribution in [-0.2, 0) is 0 Å². The number of benzene rings is 1. The molecule has 2 atom stereocenters. The second-order valence-electron chi connectivity index (χ2n) is 5.57. The highest BCUT2D eigenvalue weighted by atomic mass is 14.9. The smallest absolute Gasteiger partial charge is 0.00148 e. The molecule has 0 spiro atoms. The van der Waals surface area contributed by atoms with Crippen molar-refractivity contribution in [3.05, 3.63) is 35.4 Å². The van der Waals surface area contributed by atoms with Crippen molar-refractivity contribution in [2.24, 2.45) is 5.92 Å². The van der Waals surface area contributed by atoms with Gasteiger partial charge in [-0.15, -0.1) is 0 Å². The summed E-state index contributed by atoms with van der Waals surface area (Å²) in [5, 5.41) is 3.48. The molecule has 0 bridgehead atoms. The van der Waals surface area contributed by atoms with Crippen molar-refractivity contribution < 1.29 is 0 Å². The van der Waals surface area contributed by atoms with Gasteiger partial charge in [0, 0.05) is 0 Å². The Hall–Kier alpha value is -0.820. The maximum absolute atomic E-state index is 3.48. The van der Waals surface area contributed by atoms with Crippen LogP contribution in [0, 0.1) is 5.92 Å². The summed E-state index contributed by atoms with van der Waals surface area (Å²) in [6.45, 7) is 8.98. The first-order valence-electron chi connectivity index (χ1n) is 7.03. The molecule has 0 aliphatic heterocycles. The minimum atomic E-state index is 0.642. The summed E-state index contributed by atoms with van der Waals surface area (Å²) in [7, 11) is 0. The first-order chi connectivity index (χ1) is 8.22. The molecule has 1 aromatic carbocycles. The summed E-state index contributed by atoms with van der Waals surface area (Å²) in [6, 6.07) is 9.31. The summed E-state index contributed by atoms with van der Waals surface area (Å²) in [6.07, 6.45) is 2.76. The normalized spacial score (nSPS) is 23.8. The van der Waals surface area contributed by atoms with Gasteiger partial charge < -0.3 is 5.32 Å². The molecule has 0 saturated heterocycles. The Morgan fingerprint density at radius 2 is 1.88 bits per heavy atom. The lowest BCUT2D eigenvalue weighted by Crippen LogP contribution is -2.33. The zero-order valence-corrected chi connectivity index (χ0v) is 11.4. The average Bonchev–Trinajstić information content (AvgIpc) is 2.29. The number of nitrogens with one attached hydrogen (secondary N) is 1. The molecule has 0 radical (unpaired) electrons. The fourth-order valence-corrected chi connectivity index (χ4v) is 2.71. The van der Waals surface area contributed by atoms with Crippen LogP contribution >= 0.6 is 0 Å². The van der Waals surface area contributed by atoms with Crippen molar-refractivity contribution in [3.63, 3.8) is 0 Å². The molecule has 2 rings (SSSR count). The minimum absolute atomic E-state index is 0.642. The second kappa shape index (κ2) is 5.68. The van der Waals surface area contributed by atoms with Crippen molar-refractivity contribution >= 4 is 0 Å². The molecule has 94 valence electrons. The van der Waals surface area contributed by atoms with E-state index in [1.165, 1.54) is 24.9 Å². The Morgan fingerprint density at radius 3 is 2.35 bits per heavy atom. The molecule has 1 aliphatic carbocycles. The molecule has 1 aromatic rings. The van der Waals surface area contributed by atoms with Crippen molar-refractivity contribution in [2.45, 2.75) is 45.4 Å². The Morgan fingerprint density at radius 1 is 1.18 bits per heavy atom. The van der Waals surface area contributed by atoms with Gasteiger partial charge in [-0.05, 0) is 54.8 Å². The lowest BCUT2D eigenvalue weighted by Gasteiger charge is -2.37. The monoisotopic (exact) mass is 231 g/mol. The van der Waals surface area contributed by atoms with Gasteiger partial charge in [-0.1, -0.05) is 45.0 Å². The van der Waals surface area contributed by atoms with E-state index >= 15 is 0 Å². The first-order valence-corrected chi connectivity index (χ1v) is 7.03. The van der Waals surface area contributed by atoms with E-state index < -0.39 is 0 Å². The summed E-state index contributed by atoms with van der Waals surface area (Å²) in [4.78, 5) is 0. The minimum Gasteiger partial charge on any atom is -0.317 e. The largest absolute Gasteiger partial charge is 0.317 e. The van der Waals surface area contributed by atoms with Gasteiger partial charge in [0.25, 0.3) is 0 Å². The molecular weight excluding hydrogens is 206 g/mol. The lowest BCUT2D eigenvalue weighted by molar-refractivity contribution is 0.247. The van der Waals surface area contributed by atoms with E-state index in [0.717, 1.165) is 18.4 Å². The van der Waals surface area contributed by atoms with E-state index in [1.54, 1.807) is 5.56 Å². The molecule has 0 aromatic heterocycles. The molecule has 1 aliphatic rings. The van der Waals surface area contributed by atoms with Crippen LogP contribution in [-0.4, -0.2) is 13.1 Å². The summed E-state index contributed by atoms with van der Waals surface area (Å²) in [5.74, 6) is 2.30. The van der Waals surface area contributed by atoms with Gasteiger partial charge in [-0.3, -0.25) is 0 Å². The molecule has 2 unspecified atom stereocenters. The van der Waals surface area contributed by atoms with Crippen LogP contribution in [0.25, 0.3) is 0 Å². The van der Waals surface area contributed by atoms with Crippen molar-refractivity contribution in [1.29, 1.82) is 0 Å². The van der Waals surface area contributed by atoms with E-state index in [0.29, 0.717) is 5.92 Å². The van der Waals surface area contributed by atoms with Gasteiger partial charge in [0.15, 0.2) is 0 Å². The lowest BCUT2D eigenvalue weighted by atomic mass is 9.70. The quantitative estimate of drug-likeness (QED) is 0.810. The van der Waals surface area contributed by atoms with Crippen LogP contribution in [0.3, 0.4) is 0 Å². The van der Waals surface area contributed by atoms with Crippen molar-refractivity contribution in [1.82, 2.24) is 5.32 Å². The first kappa shape index (κ1) is 12.6. The van der Waals surface area contributed by atoms with E-state index in [4.69, 9.17) is 0 Å². The Labute approximate surface area is 106 Å². The fourth-order valence-electron chi connectivity index (χ4n) is 2.71. The maximum Gasteiger partial charge on any atom is -0.00148 e. The second-order valence-corrected chi connectivity index (χ2v) is 5.57. The molecular formula is C16H25N. The summed E-state index contributed by atoms with van der Waals surface area (Å²) < 4.78 is 0. The number of rotatable bonds is 5. The third kappa shape index (κ3) is 2.90. The number of hydrogen-bond acceptors (Lipinski definition) is 1. The third-order valence-electron chi connectivity index (χ3n) is 4.11. The van der Waals surface area contributed by atoms with Gasteiger partial charge in [0.05, 0.1) is 0 Å². The maximum atomic E-state index is 3.48. The van der Waals surface area contributed by atoms with Gasteiger partial charge in [0.2, 0.25) is 0 Å². The molecule has 0 heterocycles. The molecule has 0 amide bonds. The molecule has 1 nitrogen and oxygen atoms in total. The van der Waals surface area contributed by atoms with Gasteiger partial charge >= 0.3 is 0 Å². The molecule has 1 heteroatoms. The standard InChI is InChI=1S/C16H25N/c1-4-17-11-15-9-10-16(15)14-7-5-13(6-8-14)12(2)3/h5-8,12,15-17H,4,9-11H2,1-3H3. The predicted octanol–water partition coefficient (Wildman–Crippen LogP) is 3.91. The zero-order chi connectivity index (χ0) is 12.3. The van der Waals surface area contributed by atoms with Gasteiger partial charge in [-0.25, -0.2) is 0 Å². The Kier molecular flexibility index (Phi) is 4.22. The van der Waals surface area contributed by atoms with Crippen LogP contribution < -0.4 is 5.32 Å². The molecule has 17 heavy (non-hydrogen) atoms. The zero-order valence-electron chi connectivity index (χ0n) is 11.4. The summed E-state index contributed by atoms with van der Waals surface area (Å²) >= 11 is 0. The van der Waals surface area contributed by atoms with E-state index in [-0.39, 0.29) is 0 Å². The highest BCUT2D eigenvalue weighted by Gasteiger charge is 2.31. The highest BCUT2D eigenvalue weighted by molar-refractivity contribution is 5.29. The molecule has 1 fully saturated rings. The SMILES string of the molecule is CCNCC1CCC1c1ccc(C(C)C)cc1. The van der Waals surface area contributed by atoms with Crippen LogP contribution in [0.15, 0.2) is 24.3 Å². The predicted molar refractivity (Wildman–Crippen MR) is 74.5 cm³/mol. The Bertz CT molecular complexity index is 339. The van der Waals surface area contributed by atoms with E-state index in [9.17, 15) is 0 Å². The van der Waals surface area contributed by atoms with Crippen LogP contribution in [0.4, 0.5) is 0 Å². The van der Waals surface area contributed by atoms with E-state index in [2.05, 4.69) is 50.4 Å². The summed E-state index contributed by atoms with van der Waals surface area (Å²) in [5.41, 5.74) is 3.00. The van der Waals surface area contributed by atoms with Gasteiger partial charge in [-0.2, -0.15) is 0 Å². The highest BCUT2D eigenvalue weighted by Crippen LogP contribution is 2.42. The average molecular weight is 231 g/mol. The topological polar surface area (TPSA) is 12.0 Å². The van der Waals surface area contributed by atoms with Crippen LogP contribution in [0.2, 0.25) is 0 Å².